The summed E-state index contributed by atoms with van der Waals surface area (Å²) in [6, 6.07) is 3.12. The SMILES string of the molecule is COCCCOc1cc2c(nc1OC)-c1c(cc(C(=O)O)c(=O)n1C1CC1)[C@@H](C(C)(C)C)O2. The summed E-state index contributed by atoms with van der Waals surface area (Å²) in [6.45, 7) is 7.02. The van der Waals surface area contributed by atoms with E-state index in [2.05, 4.69) is 4.98 Å². The summed E-state index contributed by atoms with van der Waals surface area (Å²) < 4.78 is 24.4. The van der Waals surface area contributed by atoms with Crippen LogP contribution < -0.4 is 19.8 Å². The summed E-state index contributed by atoms with van der Waals surface area (Å²) in [5, 5.41) is 9.70. The van der Waals surface area contributed by atoms with E-state index < -0.39 is 17.6 Å². The van der Waals surface area contributed by atoms with E-state index in [-0.39, 0.29) is 22.9 Å². The zero-order chi connectivity index (χ0) is 23.9. The number of ether oxygens (including phenoxy) is 4. The van der Waals surface area contributed by atoms with E-state index >= 15 is 0 Å². The molecule has 9 heteroatoms. The highest BCUT2D eigenvalue weighted by atomic mass is 16.5. The molecule has 0 saturated heterocycles. The molecule has 2 aromatic heterocycles. The number of carboxylic acid groups (broad SMARTS) is 1. The van der Waals surface area contributed by atoms with E-state index in [9.17, 15) is 14.7 Å². The molecular formula is C24H30N2O7. The summed E-state index contributed by atoms with van der Waals surface area (Å²) in [7, 11) is 3.13. The van der Waals surface area contributed by atoms with Crippen molar-refractivity contribution in [1.82, 2.24) is 9.55 Å². The molecule has 0 unspecified atom stereocenters. The van der Waals surface area contributed by atoms with Gasteiger partial charge in [-0.25, -0.2) is 9.78 Å². The monoisotopic (exact) mass is 458 g/mol. The molecule has 178 valence electrons. The molecule has 4 rings (SSSR count). The third-order valence-electron chi connectivity index (χ3n) is 5.81. The van der Waals surface area contributed by atoms with Crippen LogP contribution in [-0.2, 0) is 4.74 Å². The molecule has 1 atom stereocenters. The smallest absolute Gasteiger partial charge is 0.341 e. The van der Waals surface area contributed by atoms with Crippen molar-refractivity contribution in [2.75, 3.05) is 27.4 Å². The number of methoxy groups -OCH3 is 2. The lowest BCUT2D eigenvalue weighted by molar-refractivity contribution is 0.0688. The van der Waals surface area contributed by atoms with E-state index in [0.717, 1.165) is 12.8 Å². The molecule has 1 aliphatic heterocycles. The maximum Gasteiger partial charge on any atom is 0.341 e. The van der Waals surface area contributed by atoms with Gasteiger partial charge >= 0.3 is 5.97 Å². The van der Waals surface area contributed by atoms with Crippen LogP contribution in [0.1, 0.15) is 68.1 Å². The van der Waals surface area contributed by atoms with Crippen molar-refractivity contribution < 1.29 is 28.8 Å². The fourth-order valence-electron chi connectivity index (χ4n) is 4.13. The summed E-state index contributed by atoms with van der Waals surface area (Å²) >= 11 is 0. The van der Waals surface area contributed by atoms with Gasteiger partial charge < -0.3 is 28.6 Å². The van der Waals surface area contributed by atoms with Gasteiger partial charge in [0.25, 0.3) is 11.4 Å². The summed E-state index contributed by atoms with van der Waals surface area (Å²) in [5.74, 6) is -0.0687. The Kier molecular flexibility index (Phi) is 6.09. The average Bonchev–Trinajstić information content (AvgIpc) is 3.59. The number of carboxylic acids is 1. The van der Waals surface area contributed by atoms with E-state index in [4.69, 9.17) is 18.9 Å². The predicted molar refractivity (Wildman–Crippen MR) is 121 cm³/mol. The largest absolute Gasteiger partial charge is 0.488 e. The van der Waals surface area contributed by atoms with E-state index in [0.29, 0.717) is 48.1 Å². The van der Waals surface area contributed by atoms with Crippen molar-refractivity contribution in [3.05, 3.63) is 33.6 Å². The summed E-state index contributed by atoms with van der Waals surface area (Å²) in [6.07, 6.45) is 1.83. The van der Waals surface area contributed by atoms with Crippen molar-refractivity contribution in [3.8, 4) is 28.8 Å². The van der Waals surface area contributed by atoms with Crippen molar-refractivity contribution in [2.45, 2.75) is 52.2 Å². The Labute approximate surface area is 192 Å². The van der Waals surface area contributed by atoms with Crippen LogP contribution in [0.4, 0.5) is 0 Å². The molecule has 2 aromatic rings. The first-order valence-electron chi connectivity index (χ1n) is 11.1. The van der Waals surface area contributed by atoms with Gasteiger partial charge in [0.2, 0.25) is 0 Å². The Balaban J connectivity index is 1.93. The Morgan fingerprint density at radius 2 is 1.97 bits per heavy atom. The molecule has 1 N–H and O–H groups in total. The first-order chi connectivity index (χ1) is 15.7. The molecule has 1 aliphatic carbocycles. The van der Waals surface area contributed by atoms with E-state index in [1.54, 1.807) is 17.7 Å². The highest BCUT2D eigenvalue weighted by Crippen LogP contribution is 2.51. The molecule has 0 aromatic carbocycles. The number of nitrogens with zero attached hydrogens (tertiary/aromatic N) is 2. The van der Waals surface area contributed by atoms with Gasteiger partial charge in [-0.3, -0.25) is 4.79 Å². The topological polar surface area (TPSA) is 109 Å². The minimum atomic E-state index is -1.25. The molecule has 0 bridgehead atoms. The zero-order valence-corrected chi connectivity index (χ0v) is 19.6. The van der Waals surface area contributed by atoms with Gasteiger partial charge in [-0.1, -0.05) is 20.8 Å². The standard InChI is InChI=1S/C24H30N2O7/c1-24(2,3)20-14-11-15(23(28)29)22(27)26(13-7-8-13)19(14)18-16(33-20)12-17(21(25-18)31-5)32-10-6-9-30-4/h11-13,20H,6-10H2,1-5H3,(H,28,29)/t20-/m0/s1. The van der Waals surface area contributed by atoms with Crippen LogP contribution in [-0.4, -0.2) is 48.1 Å². The quantitative estimate of drug-likeness (QED) is 0.594. The number of aromatic carboxylic acids is 1. The number of carbonyl (C=O) groups is 1. The van der Waals surface area contributed by atoms with E-state index in [1.165, 1.54) is 13.2 Å². The third kappa shape index (κ3) is 4.29. The first kappa shape index (κ1) is 23.1. The number of fused-ring (bicyclic) bond motifs is 3. The number of rotatable bonds is 8. The van der Waals surface area contributed by atoms with Crippen LogP contribution in [0.15, 0.2) is 16.9 Å². The fourth-order valence-corrected chi connectivity index (χ4v) is 4.13. The lowest BCUT2D eigenvalue weighted by Gasteiger charge is -2.37. The minimum Gasteiger partial charge on any atom is -0.488 e. The highest BCUT2D eigenvalue weighted by molar-refractivity contribution is 5.88. The lowest BCUT2D eigenvalue weighted by atomic mass is 9.81. The second kappa shape index (κ2) is 8.70. The van der Waals surface area contributed by atoms with E-state index in [1.807, 2.05) is 20.8 Å². The molecule has 1 saturated carbocycles. The van der Waals surface area contributed by atoms with Crippen LogP contribution in [0.3, 0.4) is 0 Å². The van der Waals surface area contributed by atoms with Crippen LogP contribution >= 0.6 is 0 Å². The normalized spacial score (nSPS) is 17.1. The van der Waals surface area contributed by atoms with Crippen molar-refractivity contribution in [1.29, 1.82) is 0 Å². The van der Waals surface area contributed by atoms with Crippen LogP contribution in [0.2, 0.25) is 0 Å². The Morgan fingerprint density at radius 3 is 2.55 bits per heavy atom. The zero-order valence-electron chi connectivity index (χ0n) is 19.6. The van der Waals surface area contributed by atoms with Gasteiger partial charge in [0.05, 0.1) is 19.4 Å². The van der Waals surface area contributed by atoms with Crippen molar-refractivity contribution >= 4 is 5.97 Å². The maximum absolute atomic E-state index is 13.2. The van der Waals surface area contributed by atoms with Crippen molar-refractivity contribution in [2.24, 2.45) is 5.41 Å². The van der Waals surface area contributed by atoms with Crippen LogP contribution in [0.25, 0.3) is 11.4 Å². The number of pyridine rings is 2. The van der Waals surface area contributed by atoms with Crippen molar-refractivity contribution in [3.63, 3.8) is 0 Å². The second-order valence-electron chi connectivity index (χ2n) is 9.47. The van der Waals surface area contributed by atoms with Gasteiger partial charge in [0.15, 0.2) is 11.5 Å². The predicted octanol–water partition coefficient (Wildman–Crippen LogP) is 3.85. The highest BCUT2D eigenvalue weighted by Gasteiger charge is 2.41. The first-order valence-corrected chi connectivity index (χ1v) is 11.1. The molecule has 0 amide bonds. The minimum absolute atomic E-state index is 0.0603. The number of hydrogen-bond donors (Lipinski definition) is 1. The maximum atomic E-state index is 13.2. The molecule has 0 spiro atoms. The van der Waals surface area contributed by atoms with Gasteiger partial charge in [-0.2, -0.15) is 0 Å². The Hall–Kier alpha value is -3.07. The molecule has 33 heavy (non-hydrogen) atoms. The van der Waals surface area contributed by atoms with Gasteiger partial charge in [0, 0.05) is 43.2 Å². The fraction of sp³-hybridized carbons (Fsp3) is 0.542. The molecule has 3 heterocycles. The average molecular weight is 459 g/mol. The molecular weight excluding hydrogens is 428 g/mol. The molecule has 9 nitrogen and oxygen atoms in total. The molecule has 2 aliphatic rings. The van der Waals surface area contributed by atoms with Gasteiger partial charge in [-0.15, -0.1) is 0 Å². The summed E-state index contributed by atoms with van der Waals surface area (Å²) in [4.78, 5) is 29.7. The number of aromatic nitrogens is 2. The molecule has 0 radical (unpaired) electrons. The second-order valence-corrected chi connectivity index (χ2v) is 9.47. The van der Waals surface area contributed by atoms with Gasteiger partial charge in [0.1, 0.15) is 17.4 Å². The summed E-state index contributed by atoms with van der Waals surface area (Å²) in [5.41, 5.74) is 0.525. The van der Waals surface area contributed by atoms with Crippen LogP contribution in [0.5, 0.6) is 17.4 Å². The Morgan fingerprint density at radius 1 is 1.24 bits per heavy atom. The molecule has 1 fully saturated rings. The van der Waals surface area contributed by atoms with Gasteiger partial charge in [-0.05, 0) is 18.9 Å². The third-order valence-corrected chi connectivity index (χ3v) is 5.81. The Bertz CT molecular complexity index is 1130. The van der Waals surface area contributed by atoms with Crippen LogP contribution in [0, 0.1) is 5.41 Å². The lowest BCUT2D eigenvalue weighted by Crippen LogP contribution is -2.34. The number of hydrogen-bond acceptors (Lipinski definition) is 7.